The molecule has 236 valence electrons. The van der Waals surface area contributed by atoms with Gasteiger partial charge in [-0.3, -0.25) is 0 Å². The second-order valence-corrected chi connectivity index (χ2v) is 15.3. The van der Waals surface area contributed by atoms with Crippen molar-refractivity contribution in [3.8, 4) is 5.75 Å². The number of aromatic nitrogens is 2. The van der Waals surface area contributed by atoms with Crippen LogP contribution >= 0.6 is 0 Å². The maximum absolute atomic E-state index is 13.3. The first-order chi connectivity index (χ1) is 19.0. The fourth-order valence-corrected chi connectivity index (χ4v) is 7.62. The number of alkyl carbamates (subject to hydrolysis) is 1. The van der Waals surface area contributed by atoms with E-state index in [4.69, 9.17) is 9.84 Å². The number of halogens is 3. The van der Waals surface area contributed by atoms with Gasteiger partial charge in [0.15, 0.2) is 5.75 Å². The molecule has 1 fully saturated rings. The van der Waals surface area contributed by atoms with Crippen LogP contribution in [0.1, 0.15) is 65.5 Å². The maximum atomic E-state index is 13.3. The van der Waals surface area contributed by atoms with Crippen molar-refractivity contribution in [2.24, 2.45) is 0 Å². The summed E-state index contributed by atoms with van der Waals surface area (Å²) in [5.41, 5.74) is -0.659. The van der Waals surface area contributed by atoms with Gasteiger partial charge in [0.1, 0.15) is 17.6 Å². The highest BCUT2D eigenvalue weighted by molar-refractivity contribution is 8.09. The molecule has 0 saturated heterocycles. The molecule has 0 unspecified atom stereocenters. The predicted molar refractivity (Wildman–Crippen MR) is 151 cm³/mol. The van der Waals surface area contributed by atoms with Crippen LogP contribution in [-0.4, -0.2) is 63.7 Å². The minimum Gasteiger partial charge on any atom is -0.446 e. The fraction of sp³-hybridized carbons (Fsp3) is 0.600. The van der Waals surface area contributed by atoms with E-state index < -0.39 is 49.5 Å². The van der Waals surface area contributed by atoms with Crippen molar-refractivity contribution in [1.82, 2.24) is 15.1 Å². The Morgan fingerprint density at radius 3 is 2.21 bits per heavy atom. The van der Waals surface area contributed by atoms with E-state index >= 15 is 0 Å². The molecule has 1 saturated carbocycles. The van der Waals surface area contributed by atoms with Crippen LogP contribution in [0.4, 0.5) is 35.2 Å². The van der Waals surface area contributed by atoms with Gasteiger partial charge in [0.05, 0.1) is 23.7 Å². The molecule has 0 aliphatic heterocycles. The van der Waals surface area contributed by atoms with Gasteiger partial charge in [-0.15, -0.1) is 13.2 Å². The van der Waals surface area contributed by atoms with Gasteiger partial charge in [0.25, 0.3) is 0 Å². The summed E-state index contributed by atoms with van der Waals surface area (Å²) < 4.78 is 99.9. The summed E-state index contributed by atoms with van der Waals surface area (Å²) in [4.78, 5) is 12.0. The van der Waals surface area contributed by atoms with E-state index in [0.29, 0.717) is 43.3 Å². The molecule has 0 spiro atoms. The highest BCUT2D eigenvalue weighted by Gasteiger charge is 2.37. The summed E-state index contributed by atoms with van der Waals surface area (Å²) in [7, 11) is -9.10. The van der Waals surface area contributed by atoms with Gasteiger partial charge in [-0.05, 0) is 66.0 Å². The molecular weight excluding hydrogens is 603 g/mol. The van der Waals surface area contributed by atoms with Crippen LogP contribution in [0.3, 0.4) is 0 Å². The van der Waals surface area contributed by atoms with Crippen LogP contribution in [-0.2, 0) is 30.3 Å². The summed E-state index contributed by atoms with van der Waals surface area (Å²) in [6.07, 6.45) is -3.06. The van der Waals surface area contributed by atoms with Crippen LogP contribution in [0.25, 0.3) is 0 Å². The lowest BCUT2D eigenvalue weighted by molar-refractivity contribution is -0.274. The molecule has 1 amide bonds. The van der Waals surface area contributed by atoms with Crippen molar-refractivity contribution < 1.29 is 44.3 Å². The standard InChI is InChI=1S/C25H36F3N5O7S2/c1-15(2)29-23(34)39-18-10-8-16(12-18)19-14-22(32(31-19)24(3,4)5)30-17-9-11-20(21(13-17)40-25(26,27)28)33(41(6,35)36)42(7,37)38/h9,11,13-16,18,30H,8,10,12H2,1-7H3,(H,29,34)/t16-,18+/m0/s1. The molecule has 42 heavy (non-hydrogen) atoms. The number of amides is 1. The van der Waals surface area contributed by atoms with Crippen LogP contribution in [0.15, 0.2) is 24.3 Å². The number of sulfonamides is 2. The maximum Gasteiger partial charge on any atom is 0.573 e. The molecular formula is C25H36F3N5O7S2. The molecule has 2 aromatic rings. The predicted octanol–water partition coefficient (Wildman–Crippen LogP) is 4.78. The molecule has 1 aromatic heterocycles. The molecule has 1 aliphatic rings. The lowest BCUT2D eigenvalue weighted by Gasteiger charge is -2.25. The number of carbonyl (C=O) groups excluding carboxylic acids is 1. The Bertz CT molecular complexity index is 1490. The number of alkyl halides is 3. The highest BCUT2D eigenvalue weighted by atomic mass is 32.3. The van der Waals surface area contributed by atoms with E-state index in [-0.39, 0.29) is 27.5 Å². The Balaban J connectivity index is 1.97. The number of carbonyl (C=O) groups is 1. The third-order valence-corrected chi connectivity index (χ3v) is 9.33. The van der Waals surface area contributed by atoms with E-state index in [1.807, 2.05) is 34.6 Å². The average Bonchev–Trinajstić information content (AvgIpc) is 3.38. The lowest BCUT2D eigenvalue weighted by atomic mass is 10.0. The van der Waals surface area contributed by atoms with Crippen LogP contribution in [0.5, 0.6) is 5.75 Å². The lowest BCUT2D eigenvalue weighted by Crippen LogP contribution is -2.36. The second-order valence-electron chi connectivity index (χ2n) is 11.5. The monoisotopic (exact) mass is 639 g/mol. The van der Waals surface area contributed by atoms with Gasteiger partial charge in [-0.2, -0.15) is 8.81 Å². The third kappa shape index (κ3) is 8.65. The van der Waals surface area contributed by atoms with Crippen LogP contribution in [0, 0.1) is 0 Å². The van der Waals surface area contributed by atoms with Gasteiger partial charge in [0.2, 0.25) is 20.0 Å². The molecule has 2 N–H and O–H groups in total. The van der Waals surface area contributed by atoms with E-state index in [1.54, 1.807) is 10.7 Å². The van der Waals surface area contributed by atoms with Gasteiger partial charge >= 0.3 is 12.5 Å². The molecule has 1 aromatic carbocycles. The third-order valence-electron chi connectivity index (χ3n) is 6.10. The first-order valence-electron chi connectivity index (χ1n) is 13.0. The molecule has 0 radical (unpaired) electrons. The van der Waals surface area contributed by atoms with Crippen molar-refractivity contribution in [2.45, 2.75) is 83.8 Å². The van der Waals surface area contributed by atoms with Gasteiger partial charge in [0, 0.05) is 29.8 Å². The Morgan fingerprint density at radius 2 is 1.69 bits per heavy atom. The minimum absolute atomic E-state index is 0.0458. The summed E-state index contributed by atoms with van der Waals surface area (Å²) in [5.74, 6) is -0.676. The fourth-order valence-electron chi connectivity index (χ4n) is 4.64. The van der Waals surface area contributed by atoms with E-state index in [1.165, 1.54) is 6.07 Å². The minimum atomic E-state index is -5.25. The Hall–Kier alpha value is -3.21. The number of hydrogen-bond donors (Lipinski definition) is 2. The van der Waals surface area contributed by atoms with Crippen molar-refractivity contribution >= 4 is 43.3 Å². The highest BCUT2D eigenvalue weighted by Crippen LogP contribution is 2.40. The largest absolute Gasteiger partial charge is 0.573 e. The molecule has 17 heteroatoms. The smallest absolute Gasteiger partial charge is 0.446 e. The van der Waals surface area contributed by atoms with Gasteiger partial charge < -0.3 is 20.1 Å². The van der Waals surface area contributed by atoms with Crippen molar-refractivity contribution in [2.75, 3.05) is 21.5 Å². The van der Waals surface area contributed by atoms with Gasteiger partial charge in [-0.25, -0.2) is 26.3 Å². The summed E-state index contributed by atoms with van der Waals surface area (Å²) >= 11 is 0. The van der Waals surface area contributed by atoms with E-state index in [0.717, 1.165) is 12.1 Å². The second kappa shape index (κ2) is 11.8. The number of nitrogens with zero attached hydrogens (tertiary/aromatic N) is 3. The molecule has 0 bridgehead atoms. The van der Waals surface area contributed by atoms with Crippen LogP contribution < -0.4 is 19.1 Å². The Kier molecular flexibility index (Phi) is 9.37. The summed E-state index contributed by atoms with van der Waals surface area (Å²) in [6, 6.07) is 4.67. The Labute approximate surface area is 243 Å². The van der Waals surface area contributed by atoms with Gasteiger partial charge in [-0.1, -0.05) is 0 Å². The first-order valence-corrected chi connectivity index (χ1v) is 16.7. The van der Waals surface area contributed by atoms with E-state index in [9.17, 15) is 34.8 Å². The van der Waals surface area contributed by atoms with Crippen molar-refractivity contribution in [3.05, 3.63) is 30.0 Å². The number of anilines is 3. The zero-order valence-electron chi connectivity index (χ0n) is 24.3. The first kappa shape index (κ1) is 33.3. The molecule has 2 atom stereocenters. The van der Waals surface area contributed by atoms with Crippen molar-refractivity contribution in [1.29, 1.82) is 0 Å². The normalized spacial score (nSPS) is 18.2. The number of benzene rings is 1. The zero-order chi connectivity index (χ0) is 31.8. The Morgan fingerprint density at radius 1 is 1.07 bits per heavy atom. The van der Waals surface area contributed by atoms with Crippen LogP contribution in [0.2, 0.25) is 0 Å². The molecule has 1 heterocycles. The molecule has 12 nitrogen and oxygen atoms in total. The quantitative estimate of drug-likeness (QED) is 0.396. The van der Waals surface area contributed by atoms with Crippen molar-refractivity contribution in [3.63, 3.8) is 0 Å². The topological polar surface area (TPSA) is 149 Å². The molecule has 3 rings (SSSR count). The van der Waals surface area contributed by atoms with E-state index in [2.05, 4.69) is 15.4 Å². The summed E-state index contributed by atoms with van der Waals surface area (Å²) in [5, 5.41) is 10.4. The average molecular weight is 640 g/mol. The zero-order valence-corrected chi connectivity index (χ0v) is 25.9. The number of nitrogens with one attached hydrogen (secondary N) is 2. The number of hydrogen-bond acceptors (Lipinski definition) is 9. The SMILES string of the molecule is CC(C)NC(=O)O[C@@H]1CC[C@H](c2cc(Nc3ccc(N(S(C)(=O)=O)S(C)(=O)=O)c(OC(F)(F)F)c3)n(C(C)(C)C)n2)C1. The number of ether oxygens (including phenoxy) is 2. The molecule has 1 aliphatic carbocycles. The number of rotatable bonds is 9. The summed E-state index contributed by atoms with van der Waals surface area (Å²) in [6.45, 7) is 9.28.